The van der Waals surface area contributed by atoms with Crippen LogP contribution >= 0.6 is 0 Å². The molecule has 5 aliphatic rings. The summed E-state index contributed by atoms with van der Waals surface area (Å²) in [6.07, 6.45) is 12.2. The number of nitrogens with one attached hydrogen (secondary N) is 2. The van der Waals surface area contributed by atoms with E-state index in [1.165, 1.54) is 10.7 Å². The van der Waals surface area contributed by atoms with Crippen LogP contribution in [0.5, 0.6) is 0 Å². The summed E-state index contributed by atoms with van der Waals surface area (Å²) >= 11 is 0. The molecule has 3 aliphatic heterocycles. The number of rotatable bonds is 13. The standard InChI is InChI=1S/C46H59F2N11O6/c1-54-40-30(5-2-7-35(40)59(45(54)63)36-12-13-38(60)52-44(36)62)6-3-23-64-32-14-19-55(20-15-32)26-29-8-10-31(11-9-29)58-27-34(39(53-58)41(47)48)50-43(61)33-25-49-57-21-16-37(51-42(33)57)56-22-24-65-46(28-56)17-4-18-46/h2,5,7,16,21,25,27,29,31-32,36,38,41,60H,3-4,6,8-15,17-20,22-24,26,28H2,1H3,(H,50,61)(H,52,62). The Morgan fingerprint density at radius 2 is 1.88 bits per heavy atom. The molecule has 2 amide bonds. The van der Waals surface area contributed by atoms with Gasteiger partial charge in [0.25, 0.3) is 12.3 Å². The van der Waals surface area contributed by atoms with Crippen LogP contribution in [0.1, 0.15) is 117 Å². The SMILES string of the molecule is Cn1c(=O)n(C2CCC(O)NC2=O)c2cccc(CCCOC3CCN(CC4CCC(n5cc(NC(=O)c6cnn7ccc(N8CCOC9(CCC9)C8)nc67)c(C(F)F)n5)CC4)CC3)c21. The Labute approximate surface area is 375 Å². The number of carbonyl (C=O) groups excluding carboxylic acids is 2. The van der Waals surface area contributed by atoms with Crippen molar-refractivity contribution < 1.29 is 33.0 Å². The van der Waals surface area contributed by atoms with Gasteiger partial charge < -0.3 is 35.0 Å². The molecule has 2 atom stereocenters. The van der Waals surface area contributed by atoms with E-state index >= 15 is 0 Å². The van der Waals surface area contributed by atoms with E-state index in [1.54, 1.807) is 33.3 Å². The lowest BCUT2D eigenvalue weighted by Gasteiger charge is -2.48. The Hall–Kier alpha value is -5.24. The summed E-state index contributed by atoms with van der Waals surface area (Å²) in [5, 5.41) is 23.7. The molecule has 3 N–H and O–H groups in total. The molecule has 4 aromatic heterocycles. The molecule has 10 rings (SSSR count). The Balaban J connectivity index is 0.682. The number of morpholine rings is 1. The van der Waals surface area contributed by atoms with Crippen molar-refractivity contribution in [3.05, 3.63) is 70.2 Å². The van der Waals surface area contributed by atoms with E-state index in [9.17, 15) is 28.3 Å². The number of halogens is 2. The molecule has 0 radical (unpaired) electrons. The molecule has 17 nitrogen and oxygen atoms in total. The first-order chi connectivity index (χ1) is 31.5. The van der Waals surface area contributed by atoms with Crippen molar-refractivity contribution in [3.63, 3.8) is 0 Å². The van der Waals surface area contributed by atoms with Crippen LogP contribution in [0.15, 0.2) is 47.7 Å². The summed E-state index contributed by atoms with van der Waals surface area (Å²) in [4.78, 5) is 49.1. The smallest absolute Gasteiger partial charge is 0.329 e. The van der Waals surface area contributed by atoms with Gasteiger partial charge in [-0.2, -0.15) is 10.2 Å². The molecular formula is C46H59F2N11O6. The van der Waals surface area contributed by atoms with Crippen LogP contribution in [0.25, 0.3) is 16.7 Å². The first-order valence-corrected chi connectivity index (χ1v) is 23.5. The number of imidazole rings is 1. The number of hydrogen-bond donors (Lipinski definition) is 3. The van der Waals surface area contributed by atoms with Gasteiger partial charge in [0.1, 0.15) is 23.7 Å². The number of likely N-dealkylation sites (tertiary alicyclic amines) is 1. The van der Waals surface area contributed by atoms with E-state index in [1.807, 2.05) is 24.3 Å². The van der Waals surface area contributed by atoms with E-state index < -0.39 is 30.3 Å². The van der Waals surface area contributed by atoms with Gasteiger partial charge in [0.05, 0.1) is 47.3 Å². The second-order valence-corrected chi connectivity index (χ2v) is 18.8. The van der Waals surface area contributed by atoms with Gasteiger partial charge >= 0.3 is 5.69 Å². The number of carbonyl (C=O) groups is 2. The van der Waals surface area contributed by atoms with Gasteiger partial charge in [0.2, 0.25) is 5.91 Å². The second-order valence-electron chi connectivity index (χ2n) is 18.8. The summed E-state index contributed by atoms with van der Waals surface area (Å²) in [5.41, 5.74) is 2.34. The highest BCUT2D eigenvalue weighted by Crippen LogP contribution is 2.40. The van der Waals surface area contributed by atoms with E-state index in [0.29, 0.717) is 44.2 Å². The molecule has 2 saturated carbocycles. The van der Waals surface area contributed by atoms with Gasteiger partial charge in [-0.1, -0.05) is 12.1 Å². The molecule has 65 heavy (non-hydrogen) atoms. The largest absolute Gasteiger partial charge is 0.378 e. The number of alkyl halides is 2. The molecule has 2 unspecified atom stereocenters. The van der Waals surface area contributed by atoms with Crippen LogP contribution in [-0.2, 0) is 27.7 Å². The molecule has 7 heterocycles. The molecule has 348 valence electrons. The third kappa shape index (κ3) is 8.79. The summed E-state index contributed by atoms with van der Waals surface area (Å²) in [5.74, 6) is 0.330. The Bertz CT molecular complexity index is 2590. The molecule has 0 bridgehead atoms. The first kappa shape index (κ1) is 43.6. The highest BCUT2D eigenvalue weighted by Gasteiger charge is 2.42. The number of para-hydroxylation sites is 1. The third-order valence-electron chi connectivity index (χ3n) is 14.7. The first-order valence-electron chi connectivity index (χ1n) is 23.5. The predicted octanol–water partition coefficient (Wildman–Crippen LogP) is 5.14. The second kappa shape index (κ2) is 18.2. The van der Waals surface area contributed by atoms with E-state index in [-0.39, 0.29) is 40.6 Å². The Morgan fingerprint density at radius 3 is 2.63 bits per heavy atom. The summed E-state index contributed by atoms with van der Waals surface area (Å²) < 4.78 is 47.5. The van der Waals surface area contributed by atoms with Crippen molar-refractivity contribution in [3.8, 4) is 0 Å². The molecule has 5 fully saturated rings. The molecule has 1 aromatic carbocycles. The number of fused-ring (bicyclic) bond motifs is 2. The monoisotopic (exact) mass is 899 g/mol. The minimum absolute atomic E-state index is 0.00112. The van der Waals surface area contributed by atoms with Crippen molar-refractivity contribution in [2.45, 2.75) is 120 Å². The minimum atomic E-state index is -2.86. The lowest BCUT2D eigenvalue weighted by molar-refractivity contribution is -0.130. The van der Waals surface area contributed by atoms with Crippen LogP contribution < -0.4 is 21.2 Å². The highest BCUT2D eigenvalue weighted by molar-refractivity contribution is 6.08. The number of aromatic nitrogens is 7. The number of aryl methyl sites for hydroxylation is 2. The van der Waals surface area contributed by atoms with Crippen LogP contribution in [0, 0.1) is 5.92 Å². The van der Waals surface area contributed by atoms with Gasteiger partial charge in [0.15, 0.2) is 11.3 Å². The fourth-order valence-corrected chi connectivity index (χ4v) is 10.9. The van der Waals surface area contributed by atoms with Gasteiger partial charge in [-0.15, -0.1) is 0 Å². The molecule has 19 heteroatoms. The topological polar surface area (TPSA) is 178 Å². The average molecular weight is 900 g/mol. The van der Waals surface area contributed by atoms with Gasteiger partial charge in [-0.25, -0.2) is 23.1 Å². The quantitative estimate of drug-likeness (QED) is 0.133. The highest BCUT2D eigenvalue weighted by atomic mass is 19.3. The molecular weight excluding hydrogens is 841 g/mol. The number of piperidine rings is 2. The van der Waals surface area contributed by atoms with Crippen molar-refractivity contribution in [2.75, 3.05) is 56.2 Å². The van der Waals surface area contributed by atoms with Crippen LogP contribution in [-0.4, -0.2) is 119 Å². The third-order valence-corrected chi connectivity index (χ3v) is 14.7. The molecule has 3 saturated heterocycles. The minimum Gasteiger partial charge on any atom is -0.378 e. The number of hydrogen-bond acceptors (Lipinski definition) is 11. The van der Waals surface area contributed by atoms with Crippen LogP contribution in [0.4, 0.5) is 20.3 Å². The summed E-state index contributed by atoms with van der Waals surface area (Å²) in [6, 6.07) is 7.03. The Morgan fingerprint density at radius 1 is 1.06 bits per heavy atom. The lowest BCUT2D eigenvalue weighted by Crippen LogP contribution is -2.56. The van der Waals surface area contributed by atoms with E-state index in [0.717, 1.165) is 119 Å². The van der Waals surface area contributed by atoms with Crippen molar-refractivity contribution in [1.82, 2.24) is 43.7 Å². The Kier molecular flexibility index (Phi) is 12.2. The van der Waals surface area contributed by atoms with Gasteiger partial charge in [0, 0.05) is 58.8 Å². The number of ether oxygens (including phenoxy) is 2. The van der Waals surface area contributed by atoms with Crippen molar-refractivity contribution in [1.29, 1.82) is 0 Å². The maximum Gasteiger partial charge on any atom is 0.329 e. The predicted molar refractivity (Wildman–Crippen MR) is 237 cm³/mol. The number of nitrogens with zero attached hydrogens (tertiary/aromatic N) is 9. The molecule has 2 aliphatic carbocycles. The number of amides is 2. The fourth-order valence-electron chi connectivity index (χ4n) is 10.9. The van der Waals surface area contributed by atoms with Crippen molar-refractivity contribution in [2.24, 2.45) is 13.0 Å². The van der Waals surface area contributed by atoms with Gasteiger partial charge in [-0.3, -0.25) is 23.4 Å². The molecule has 5 aromatic rings. The summed E-state index contributed by atoms with van der Waals surface area (Å²) in [7, 11) is 1.74. The van der Waals surface area contributed by atoms with E-state index in [4.69, 9.17) is 14.5 Å². The zero-order valence-corrected chi connectivity index (χ0v) is 36.9. The molecule has 1 spiro atoms. The maximum absolute atomic E-state index is 14.4. The van der Waals surface area contributed by atoms with E-state index in [2.05, 4.69) is 30.6 Å². The van der Waals surface area contributed by atoms with Gasteiger partial charge in [-0.05, 0) is 107 Å². The zero-order chi connectivity index (χ0) is 44.8. The van der Waals surface area contributed by atoms with Crippen molar-refractivity contribution >= 4 is 40.0 Å². The lowest BCUT2D eigenvalue weighted by atomic mass is 9.79. The summed E-state index contributed by atoms with van der Waals surface area (Å²) in [6.45, 7) is 5.58. The van der Waals surface area contributed by atoms with Crippen LogP contribution in [0.2, 0.25) is 0 Å². The number of aliphatic hydroxyl groups is 1. The average Bonchev–Trinajstić information content (AvgIpc) is 4.00. The van der Waals surface area contributed by atoms with Crippen LogP contribution in [0.3, 0.4) is 0 Å². The normalized spacial score (nSPS) is 24.3. The number of aliphatic hydroxyl groups excluding tert-OH is 1. The number of benzene rings is 1. The maximum atomic E-state index is 14.4. The zero-order valence-electron chi connectivity index (χ0n) is 36.9. The number of anilines is 2. The fraction of sp³-hybridized carbons (Fsp3) is 0.609.